The van der Waals surface area contributed by atoms with Crippen LogP contribution in [0.15, 0.2) is 18.2 Å². The molecule has 0 aliphatic carbocycles. The molecule has 1 aliphatic rings. The van der Waals surface area contributed by atoms with Crippen LogP contribution in [0, 0.1) is 0 Å². The van der Waals surface area contributed by atoms with Crippen molar-refractivity contribution in [2.24, 2.45) is 0 Å². The van der Waals surface area contributed by atoms with Gasteiger partial charge in [-0.2, -0.15) is 0 Å². The Morgan fingerprint density at radius 3 is 3.13 bits per heavy atom. The van der Waals surface area contributed by atoms with Crippen molar-refractivity contribution in [2.75, 3.05) is 27.2 Å². The van der Waals surface area contributed by atoms with Crippen molar-refractivity contribution in [2.45, 2.75) is 12.5 Å². The van der Waals surface area contributed by atoms with Crippen LogP contribution in [0.2, 0.25) is 0 Å². The number of nitrogens with one attached hydrogen (secondary N) is 2. The Kier molecular flexibility index (Phi) is 3.23. The first-order chi connectivity index (χ1) is 7.35. The van der Waals surface area contributed by atoms with Gasteiger partial charge >= 0.3 is 0 Å². The summed E-state index contributed by atoms with van der Waals surface area (Å²) in [6.45, 7) is 3.03. The minimum Gasteiger partial charge on any atom is -0.497 e. The largest absolute Gasteiger partial charge is 0.497 e. The summed E-state index contributed by atoms with van der Waals surface area (Å²) in [5.74, 6) is 1.52. The van der Waals surface area contributed by atoms with E-state index in [1.807, 2.05) is 13.1 Å². The second-order valence-electron chi connectivity index (χ2n) is 3.95. The lowest BCUT2D eigenvalue weighted by Gasteiger charge is -2.26. The van der Waals surface area contributed by atoms with Gasteiger partial charge in [0.2, 0.25) is 0 Å². The van der Waals surface area contributed by atoms with Crippen LogP contribution in [0.5, 0.6) is 5.75 Å². The van der Waals surface area contributed by atoms with Gasteiger partial charge in [-0.25, -0.2) is 0 Å². The SMILES string of the molecule is CNCC1CNCc2cc(OC)ccc21. The molecule has 0 radical (unpaired) electrons. The molecule has 2 N–H and O–H groups in total. The highest BCUT2D eigenvalue weighted by atomic mass is 16.5. The first-order valence-electron chi connectivity index (χ1n) is 5.37. The van der Waals surface area contributed by atoms with Crippen molar-refractivity contribution in [3.8, 4) is 5.75 Å². The van der Waals surface area contributed by atoms with E-state index in [9.17, 15) is 0 Å². The number of hydrogen-bond acceptors (Lipinski definition) is 3. The Morgan fingerprint density at radius 2 is 2.40 bits per heavy atom. The number of hydrogen-bond donors (Lipinski definition) is 2. The predicted molar refractivity (Wildman–Crippen MR) is 61.4 cm³/mol. The molecule has 1 atom stereocenters. The molecule has 0 saturated carbocycles. The molecule has 82 valence electrons. The maximum absolute atomic E-state index is 5.23. The molecule has 0 bridgehead atoms. The van der Waals surface area contributed by atoms with Gasteiger partial charge in [-0.3, -0.25) is 0 Å². The molecular formula is C12H18N2O. The van der Waals surface area contributed by atoms with Crippen LogP contribution in [0.25, 0.3) is 0 Å². The smallest absolute Gasteiger partial charge is 0.119 e. The highest BCUT2D eigenvalue weighted by Gasteiger charge is 2.19. The summed E-state index contributed by atoms with van der Waals surface area (Å²) in [6, 6.07) is 6.37. The lowest BCUT2D eigenvalue weighted by molar-refractivity contribution is 0.412. The number of fused-ring (bicyclic) bond motifs is 1. The van der Waals surface area contributed by atoms with Crippen LogP contribution in [-0.4, -0.2) is 27.2 Å². The molecule has 0 fully saturated rings. The zero-order valence-electron chi connectivity index (χ0n) is 9.34. The molecular weight excluding hydrogens is 188 g/mol. The second kappa shape index (κ2) is 4.64. The Labute approximate surface area is 90.8 Å². The van der Waals surface area contributed by atoms with E-state index in [-0.39, 0.29) is 0 Å². The van der Waals surface area contributed by atoms with E-state index < -0.39 is 0 Å². The fourth-order valence-corrected chi connectivity index (χ4v) is 2.18. The van der Waals surface area contributed by atoms with Gasteiger partial charge < -0.3 is 15.4 Å². The topological polar surface area (TPSA) is 33.3 Å². The summed E-state index contributed by atoms with van der Waals surface area (Å²) < 4.78 is 5.23. The van der Waals surface area contributed by atoms with Gasteiger partial charge in [0.1, 0.15) is 5.75 Å². The van der Waals surface area contributed by atoms with E-state index in [4.69, 9.17) is 4.74 Å². The van der Waals surface area contributed by atoms with E-state index in [2.05, 4.69) is 22.8 Å². The predicted octanol–water partition coefficient (Wildman–Crippen LogP) is 1.10. The third kappa shape index (κ3) is 2.13. The van der Waals surface area contributed by atoms with Gasteiger partial charge in [-0.1, -0.05) is 6.07 Å². The maximum Gasteiger partial charge on any atom is 0.119 e. The Hall–Kier alpha value is -1.06. The van der Waals surface area contributed by atoms with Crippen molar-refractivity contribution in [3.05, 3.63) is 29.3 Å². The van der Waals surface area contributed by atoms with Gasteiger partial charge in [-0.15, -0.1) is 0 Å². The van der Waals surface area contributed by atoms with E-state index in [1.165, 1.54) is 11.1 Å². The van der Waals surface area contributed by atoms with E-state index >= 15 is 0 Å². The zero-order chi connectivity index (χ0) is 10.7. The Balaban J connectivity index is 2.28. The third-order valence-electron chi connectivity index (χ3n) is 2.95. The molecule has 2 rings (SSSR count). The average molecular weight is 206 g/mol. The molecule has 1 aromatic rings. The Morgan fingerprint density at radius 1 is 1.53 bits per heavy atom. The van der Waals surface area contributed by atoms with Gasteiger partial charge in [-0.05, 0) is 30.3 Å². The normalized spacial score (nSPS) is 19.7. The monoisotopic (exact) mass is 206 g/mol. The van der Waals surface area contributed by atoms with Crippen LogP contribution in [0.1, 0.15) is 17.0 Å². The van der Waals surface area contributed by atoms with Crippen LogP contribution < -0.4 is 15.4 Å². The van der Waals surface area contributed by atoms with Crippen molar-refractivity contribution in [3.63, 3.8) is 0 Å². The first-order valence-corrected chi connectivity index (χ1v) is 5.37. The van der Waals surface area contributed by atoms with Gasteiger partial charge in [0.25, 0.3) is 0 Å². The number of likely N-dealkylation sites (N-methyl/N-ethyl adjacent to an activating group) is 1. The van der Waals surface area contributed by atoms with Crippen LogP contribution in [0.3, 0.4) is 0 Å². The molecule has 1 aromatic carbocycles. The van der Waals surface area contributed by atoms with Crippen molar-refractivity contribution < 1.29 is 4.74 Å². The molecule has 3 nitrogen and oxygen atoms in total. The van der Waals surface area contributed by atoms with Crippen molar-refractivity contribution in [1.82, 2.24) is 10.6 Å². The molecule has 1 aliphatic heterocycles. The maximum atomic E-state index is 5.23. The number of methoxy groups -OCH3 is 1. The summed E-state index contributed by atoms with van der Waals surface area (Å²) in [5, 5.41) is 6.67. The molecule has 15 heavy (non-hydrogen) atoms. The molecule has 0 spiro atoms. The molecule has 0 amide bonds. The molecule has 1 unspecified atom stereocenters. The molecule has 3 heteroatoms. The summed E-state index contributed by atoms with van der Waals surface area (Å²) in [6.07, 6.45) is 0. The minimum absolute atomic E-state index is 0.574. The van der Waals surface area contributed by atoms with Gasteiger partial charge in [0, 0.05) is 25.6 Å². The van der Waals surface area contributed by atoms with Crippen LogP contribution in [-0.2, 0) is 6.54 Å². The lowest BCUT2D eigenvalue weighted by Crippen LogP contribution is -2.33. The van der Waals surface area contributed by atoms with E-state index in [0.717, 1.165) is 25.4 Å². The highest BCUT2D eigenvalue weighted by molar-refractivity contribution is 5.39. The van der Waals surface area contributed by atoms with E-state index in [0.29, 0.717) is 5.92 Å². The number of benzene rings is 1. The van der Waals surface area contributed by atoms with Gasteiger partial charge in [0.05, 0.1) is 7.11 Å². The highest BCUT2D eigenvalue weighted by Crippen LogP contribution is 2.26. The zero-order valence-corrected chi connectivity index (χ0v) is 9.34. The Bertz CT molecular complexity index is 338. The third-order valence-corrected chi connectivity index (χ3v) is 2.95. The van der Waals surface area contributed by atoms with Crippen LogP contribution in [0.4, 0.5) is 0 Å². The van der Waals surface area contributed by atoms with Crippen molar-refractivity contribution >= 4 is 0 Å². The molecule has 1 heterocycles. The number of rotatable bonds is 3. The van der Waals surface area contributed by atoms with E-state index in [1.54, 1.807) is 7.11 Å². The first kappa shape index (κ1) is 10.5. The molecule has 0 saturated heterocycles. The average Bonchev–Trinajstić information content (AvgIpc) is 2.29. The second-order valence-corrected chi connectivity index (χ2v) is 3.95. The fourth-order valence-electron chi connectivity index (χ4n) is 2.18. The summed E-state index contributed by atoms with van der Waals surface area (Å²) in [4.78, 5) is 0. The van der Waals surface area contributed by atoms with Crippen LogP contribution >= 0.6 is 0 Å². The fraction of sp³-hybridized carbons (Fsp3) is 0.500. The summed E-state index contributed by atoms with van der Waals surface area (Å²) in [7, 11) is 3.71. The number of ether oxygens (including phenoxy) is 1. The molecule has 0 aromatic heterocycles. The minimum atomic E-state index is 0.574. The van der Waals surface area contributed by atoms with Gasteiger partial charge in [0.15, 0.2) is 0 Å². The quantitative estimate of drug-likeness (QED) is 0.777. The lowest BCUT2D eigenvalue weighted by atomic mass is 9.90. The summed E-state index contributed by atoms with van der Waals surface area (Å²) >= 11 is 0. The van der Waals surface area contributed by atoms with Crippen molar-refractivity contribution in [1.29, 1.82) is 0 Å². The summed E-state index contributed by atoms with van der Waals surface area (Å²) in [5.41, 5.74) is 2.81. The standard InChI is InChI=1S/C12H18N2O/c1-13-6-10-8-14-7-9-5-11(15-2)3-4-12(9)10/h3-5,10,13-14H,6-8H2,1-2H3.